The highest BCUT2D eigenvalue weighted by Crippen LogP contribution is 2.37. The Bertz CT molecular complexity index is 751. The second-order valence-electron chi connectivity index (χ2n) is 7.38. The molecule has 4 rings (SSSR count). The number of rotatable bonds is 4. The number of likely N-dealkylation sites (tertiary alicyclic amines) is 1. The van der Waals surface area contributed by atoms with Crippen LogP contribution in [0.1, 0.15) is 19.3 Å². The van der Waals surface area contributed by atoms with Crippen LogP contribution in [0.25, 0.3) is 0 Å². The maximum Gasteiger partial charge on any atom is 0.228 e. The Hall–Kier alpha value is -2.32. The van der Waals surface area contributed by atoms with Crippen LogP contribution in [0.2, 0.25) is 0 Å². The first-order valence-corrected chi connectivity index (χ1v) is 9.64. The average Bonchev–Trinajstić information content (AvgIpc) is 3.34. The van der Waals surface area contributed by atoms with Gasteiger partial charge in [0.25, 0.3) is 0 Å². The molecule has 3 saturated heterocycles. The molecule has 0 N–H and O–H groups in total. The molecule has 3 fully saturated rings. The maximum absolute atomic E-state index is 13.0. The zero-order valence-corrected chi connectivity index (χ0v) is 16.3. The molecule has 0 radical (unpaired) electrons. The lowest BCUT2D eigenvalue weighted by Crippen LogP contribution is -2.49. The van der Waals surface area contributed by atoms with Gasteiger partial charge in [-0.15, -0.1) is 0 Å². The smallest absolute Gasteiger partial charge is 0.228 e. The second-order valence-corrected chi connectivity index (χ2v) is 7.38. The van der Waals surface area contributed by atoms with Gasteiger partial charge in [-0.25, -0.2) is 0 Å². The monoisotopic (exact) mass is 390 g/mol. The van der Waals surface area contributed by atoms with Crippen LogP contribution in [0, 0.1) is 5.92 Å². The lowest BCUT2D eigenvalue weighted by Gasteiger charge is -2.38. The number of nitrogens with zero attached hydrogens (tertiary/aromatic N) is 2. The molecule has 1 aromatic rings. The topological polar surface area (TPSA) is 77.5 Å². The Morgan fingerprint density at radius 1 is 1.14 bits per heavy atom. The molecule has 152 valence electrons. The number of hydrogen-bond donors (Lipinski definition) is 0. The summed E-state index contributed by atoms with van der Waals surface area (Å²) in [7, 11) is 3.13. The highest BCUT2D eigenvalue weighted by molar-refractivity contribution is 6.01. The minimum Gasteiger partial charge on any atom is -0.497 e. The Labute approximate surface area is 164 Å². The van der Waals surface area contributed by atoms with Crippen LogP contribution in [-0.4, -0.2) is 69.6 Å². The van der Waals surface area contributed by atoms with E-state index in [1.807, 2.05) is 4.90 Å². The van der Waals surface area contributed by atoms with E-state index in [0.29, 0.717) is 62.9 Å². The average molecular weight is 390 g/mol. The molecule has 8 nitrogen and oxygen atoms in total. The van der Waals surface area contributed by atoms with Gasteiger partial charge in [-0.3, -0.25) is 9.59 Å². The van der Waals surface area contributed by atoms with Gasteiger partial charge in [0.2, 0.25) is 11.8 Å². The number of piperidine rings is 1. The van der Waals surface area contributed by atoms with Gasteiger partial charge in [-0.05, 0) is 12.1 Å². The van der Waals surface area contributed by atoms with Gasteiger partial charge in [-0.2, -0.15) is 0 Å². The number of methoxy groups -OCH3 is 2. The highest BCUT2D eigenvalue weighted by atomic mass is 16.7. The molecule has 2 amide bonds. The van der Waals surface area contributed by atoms with Crippen LogP contribution in [0.5, 0.6) is 11.5 Å². The van der Waals surface area contributed by atoms with E-state index in [-0.39, 0.29) is 24.2 Å². The molecule has 8 heteroatoms. The predicted molar refractivity (Wildman–Crippen MR) is 100 cm³/mol. The molecule has 1 atom stereocenters. The summed E-state index contributed by atoms with van der Waals surface area (Å²) in [6.45, 7) is 2.75. The number of carbonyl (C=O) groups is 2. The van der Waals surface area contributed by atoms with Crippen molar-refractivity contribution < 1.29 is 28.5 Å². The first-order chi connectivity index (χ1) is 13.5. The number of ether oxygens (including phenoxy) is 4. The van der Waals surface area contributed by atoms with Crippen molar-refractivity contribution in [3.8, 4) is 11.5 Å². The molecule has 1 unspecified atom stereocenters. The van der Waals surface area contributed by atoms with Crippen LogP contribution in [-0.2, 0) is 19.1 Å². The predicted octanol–water partition coefficient (Wildman–Crippen LogP) is 1.42. The standard InChI is InChI=1S/C20H26N2O6/c1-25-15-3-4-17(26-2)16(12-15)22-13-14(11-18(22)23)19(24)21-7-5-20(6-8-21)27-9-10-28-20/h3-4,12,14H,5-11,13H2,1-2H3. The number of hydrogen-bond acceptors (Lipinski definition) is 6. The number of benzene rings is 1. The molecule has 0 aromatic heterocycles. The summed E-state index contributed by atoms with van der Waals surface area (Å²) in [5.74, 6) is 0.283. The van der Waals surface area contributed by atoms with E-state index in [2.05, 4.69) is 0 Å². The zero-order valence-electron chi connectivity index (χ0n) is 16.3. The third-order valence-electron chi connectivity index (χ3n) is 5.80. The van der Waals surface area contributed by atoms with Crippen LogP contribution in [0.3, 0.4) is 0 Å². The molecule has 0 saturated carbocycles. The van der Waals surface area contributed by atoms with Gasteiger partial charge in [0, 0.05) is 45.0 Å². The Balaban J connectivity index is 1.44. The van der Waals surface area contributed by atoms with Gasteiger partial charge in [0.05, 0.1) is 39.0 Å². The fourth-order valence-electron chi connectivity index (χ4n) is 4.23. The number of anilines is 1. The highest BCUT2D eigenvalue weighted by Gasteiger charge is 2.44. The van der Waals surface area contributed by atoms with E-state index >= 15 is 0 Å². The summed E-state index contributed by atoms with van der Waals surface area (Å²) in [6, 6.07) is 5.31. The van der Waals surface area contributed by atoms with Gasteiger partial charge in [0.15, 0.2) is 5.79 Å². The first-order valence-electron chi connectivity index (χ1n) is 9.64. The molecule has 0 aliphatic carbocycles. The van der Waals surface area contributed by atoms with Crippen molar-refractivity contribution in [2.45, 2.75) is 25.0 Å². The van der Waals surface area contributed by atoms with E-state index in [1.165, 1.54) is 0 Å². The van der Waals surface area contributed by atoms with Crippen LogP contribution < -0.4 is 14.4 Å². The van der Waals surface area contributed by atoms with E-state index in [0.717, 1.165) is 0 Å². The van der Waals surface area contributed by atoms with Gasteiger partial charge >= 0.3 is 0 Å². The minimum absolute atomic E-state index is 0.0190. The number of amides is 2. The van der Waals surface area contributed by atoms with E-state index in [9.17, 15) is 9.59 Å². The second kappa shape index (κ2) is 7.60. The van der Waals surface area contributed by atoms with Crippen molar-refractivity contribution >= 4 is 17.5 Å². The van der Waals surface area contributed by atoms with Crippen molar-refractivity contribution in [3.63, 3.8) is 0 Å². The molecule has 28 heavy (non-hydrogen) atoms. The summed E-state index contributed by atoms with van der Waals surface area (Å²) in [4.78, 5) is 29.1. The van der Waals surface area contributed by atoms with Gasteiger partial charge in [-0.1, -0.05) is 0 Å². The lowest BCUT2D eigenvalue weighted by atomic mass is 10.0. The maximum atomic E-state index is 13.0. The molecule has 3 heterocycles. The number of carbonyl (C=O) groups excluding carboxylic acids is 2. The molecule has 3 aliphatic heterocycles. The SMILES string of the molecule is COc1ccc(OC)c(N2CC(C(=O)N3CCC4(CC3)OCCO4)CC2=O)c1. The Morgan fingerprint density at radius 2 is 1.86 bits per heavy atom. The van der Waals surface area contributed by atoms with Gasteiger partial charge in [0.1, 0.15) is 11.5 Å². The van der Waals surface area contributed by atoms with E-state index in [4.69, 9.17) is 18.9 Å². The van der Waals surface area contributed by atoms with Crippen LogP contribution >= 0.6 is 0 Å². The van der Waals surface area contributed by atoms with E-state index < -0.39 is 5.79 Å². The molecule has 1 aromatic carbocycles. The van der Waals surface area contributed by atoms with Crippen LogP contribution in [0.15, 0.2) is 18.2 Å². The van der Waals surface area contributed by atoms with Crippen LogP contribution in [0.4, 0.5) is 5.69 Å². The lowest BCUT2D eigenvalue weighted by molar-refractivity contribution is -0.188. The summed E-state index contributed by atoms with van der Waals surface area (Å²) in [5.41, 5.74) is 0.632. The van der Waals surface area contributed by atoms with Gasteiger partial charge < -0.3 is 28.7 Å². The summed E-state index contributed by atoms with van der Waals surface area (Å²) in [5, 5.41) is 0. The molecule has 0 bridgehead atoms. The third kappa shape index (κ3) is 3.42. The first kappa shape index (κ1) is 19.0. The fourth-order valence-corrected chi connectivity index (χ4v) is 4.23. The molecule has 3 aliphatic rings. The van der Waals surface area contributed by atoms with Crippen molar-refractivity contribution in [1.29, 1.82) is 0 Å². The summed E-state index contributed by atoms with van der Waals surface area (Å²) >= 11 is 0. The fraction of sp³-hybridized carbons (Fsp3) is 0.600. The van der Waals surface area contributed by atoms with Crippen molar-refractivity contribution in [3.05, 3.63) is 18.2 Å². The van der Waals surface area contributed by atoms with Crippen molar-refractivity contribution in [2.24, 2.45) is 5.92 Å². The molecular formula is C20H26N2O6. The quantitative estimate of drug-likeness (QED) is 0.774. The minimum atomic E-state index is -0.512. The summed E-state index contributed by atoms with van der Waals surface area (Å²) < 4.78 is 22.1. The molecule has 1 spiro atoms. The van der Waals surface area contributed by atoms with E-state index in [1.54, 1.807) is 37.3 Å². The Kier molecular flexibility index (Phi) is 5.16. The summed E-state index contributed by atoms with van der Waals surface area (Å²) in [6.07, 6.45) is 1.55. The zero-order chi connectivity index (χ0) is 19.7. The van der Waals surface area contributed by atoms with Crippen molar-refractivity contribution in [1.82, 2.24) is 4.90 Å². The largest absolute Gasteiger partial charge is 0.497 e. The normalized spacial score (nSPS) is 24.1. The Morgan fingerprint density at radius 3 is 2.50 bits per heavy atom. The molecular weight excluding hydrogens is 364 g/mol. The third-order valence-corrected chi connectivity index (χ3v) is 5.80. The van der Waals surface area contributed by atoms with Crippen molar-refractivity contribution in [2.75, 3.05) is 52.0 Å².